The molecule has 1 nitrogen and oxygen atoms in total. The minimum absolute atomic E-state index is 1.24. The van der Waals surface area contributed by atoms with Crippen LogP contribution in [0.5, 0.6) is 0 Å². The SMILES string of the molecule is Cc1ccc(N2c3ccsc3Sc3sccc32)cc1. The Labute approximate surface area is 124 Å². The highest BCUT2D eigenvalue weighted by molar-refractivity contribution is 8.03. The molecule has 0 bridgehead atoms. The standard InChI is InChI=1S/C15H11NS3/c1-10-2-4-11(5-3-10)16-12-6-8-17-14(12)19-15-13(16)7-9-18-15/h2-9H,1H3. The topological polar surface area (TPSA) is 3.24 Å². The minimum atomic E-state index is 1.24. The molecule has 0 unspecified atom stereocenters. The molecule has 0 atom stereocenters. The van der Waals surface area contributed by atoms with Crippen molar-refractivity contribution in [2.45, 2.75) is 15.3 Å². The molecule has 0 fully saturated rings. The van der Waals surface area contributed by atoms with Crippen LogP contribution in [0.1, 0.15) is 5.56 Å². The third-order valence-electron chi connectivity index (χ3n) is 3.18. The summed E-state index contributed by atoms with van der Waals surface area (Å²) in [7, 11) is 0. The van der Waals surface area contributed by atoms with Gasteiger partial charge >= 0.3 is 0 Å². The summed E-state index contributed by atoms with van der Waals surface area (Å²) in [5.74, 6) is 0. The van der Waals surface area contributed by atoms with E-state index in [4.69, 9.17) is 0 Å². The van der Waals surface area contributed by atoms with Gasteiger partial charge in [0.1, 0.15) is 0 Å². The van der Waals surface area contributed by atoms with E-state index in [9.17, 15) is 0 Å². The maximum absolute atomic E-state index is 2.37. The Hall–Kier alpha value is -1.23. The molecule has 0 saturated heterocycles. The summed E-state index contributed by atoms with van der Waals surface area (Å²) in [4.78, 5) is 2.37. The van der Waals surface area contributed by atoms with Gasteiger partial charge < -0.3 is 4.90 Å². The normalized spacial score (nSPS) is 13.2. The maximum Gasteiger partial charge on any atom is 0.0896 e. The molecule has 0 saturated carbocycles. The van der Waals surface area contributed by atoms with Gasteiger partial charge in [-0.2, -0.15) is 0 Å². The summed E-state index contributed by atoms with van der Waals surface area (Å²) in [6.45, 7) is 2.13. The quantitative estimate of drug-likeness (QED) is 0.421. The first kappa shape index (κ1) is 11.6. The van der Waals surface area contributed by atoms with E-state index in [1.54, 1.807) is 0 Å². The number of hydrogen-bond donors (Lipinski definition) is 0. The molecule has 1 aliphatic rings. The predicted molar refractivity (Wildman–Crippen MR) is 85.7 cm³/mol. The molecule has 4 rings (SSSR count). The summed E-state index contributed by atoms with van der Waals surface area (Å²) < 4.78 is 2.77. The fraction of sp³-hybridized carbons (Fsp3) is 0.0667. The first-order valence-corrected chi connectivity index (χ1v) is 8.60. The average Bonchev–Trinajstić information content (AvgIpc) is 3.05. The highest BCUT2D eigenvalue weighted by atomic mass is 32.2. The summed E-state index contributed by atoms with van der Waals surface area (Å²) in [6, 6.07) is 13.2. The monoisotopic (exact) mass is 301 g/mol. The van der Waals surface area contributed by atoms with Gasteiger partial charge in [0.05, 0.1) is 19.8 Å². The Bertz CT molecular complexity index is 684. The highest BCUT2D eigenvalue weighted by Crippen LogP contribution is 2.55. The lowest BCUT2D eigenvalue weighted by Gasteiger charge is -2.28. The Morgan fingerprint density at radius 1 is 0.789 bits per heavy atom. The lowest BCUT2D eigenvalue weighted by molar-refractivity contribution is 1.23. The predicted octanol–water partition coefficient (Wildman–Crippen LogP) is 6.05. The Balaban J connectivity index is 1.92. The van der Waals surface area contributed by atoms with Crippen LogP contribution in [0.2, 0.25) is 0 Å². The molecule has 0 amide bonds. The second-order valence-electron chi connectivity index (χ2n) is 4.46. The second kappa shape index (κ2) is 4.40. The van der Waals surface area contributed by atoms with E-state index in [1.165, 1.54) is 31.0 Å². The van der Waals surface area contributed by atoms with Crippen molar-refractivity contribution in [2.75, 3.05) is 4.90 Å². The van der Waals surface area contributed by atoms with Crippen molar-refractivity contribution in [3.05, 3.63) is 52.7 Å². The van der Waals surface area contributed by atoms with Gasteiger partial charge in [-0.3, -0.25) is 0 Å². The van der Waals surface area contributed by atoms with Gasteiger partial charge in [0.15, 0.2) is 0 Å². The molecular formula is C15H11NS3. The molecule has 0 aliphatic carbocycles. The largest absolute Gasteiger partial charge is 0.306 e. The van der Waals surface area contributed by atoms with E-state index in [0.717, 1.165) is 0 Å². The van der Waals surface area contributed by atoms with Crippen LogP contribution in [0, 0.1) is 6.92 Å². The fourth-order valence-corrected chi connectivity index (χ4v) is 5.52. The number of aryl methyl sites for hydroxylation is 1. The Kier molecular flexibility index (Phi) is 2.69. The van der Waals surface area contributed by atoms with Gasteiger partial charge in [0, 0.05) is 5.69 Å². The molecule has 3 heterocycles. The van der Waals surface area contributed by atoms with Crippen molar-refractivity contribution in [3.63, 3.8) is 0 Å². The number of anilines is 3. The summed E-state index contributed by atoms with van der Waals surface area (Å²) in [5, 5.41) is 4.35. The van der Waals surface area contributed by atoms with Gasteiger partial charge in [0.2, 0.25) is 0 Å². The number of hydrogen-bond acceptors (Lipinski definition) is 4. The molecule has 3 aromatic rings. The van der Waals surface area contributed by atoms with E-state index < -0.39 is 0 Å². The van der Waals surface area contributed by atoms with Crippen LogP contribution < -0.4 is 4.90 Å². The van der Waals surface area contributed by atoms with Gasteiger partial charge in [-0.25, -0.2) is 0 Å². The number of rotatable bonds is 1. The van der Waals surface area contributed by atoms with E-state index in [0.29, 0.717) is 0 Å². The van der Waals surface area contributed by atoms with Crippen molar-refractivity contribution in [2.24, 2.45) is 0 Å². The van der Waals surface area contributed by atoms with Crippen LogP contribution in [0.3, 0.4) is 0 Å². The second-order valence-corrected chi connectivity index (χ2v) is 7.83. The van der Waals surface area contributed by atoms with E-state index in [2.05, 4.69) is 59.0 Å². The third-order valence-corrected chi connectivity index (χ3v) is 6.44. The zero-order valence-electron chi connectivity index (χ0n) is 10.3. The van der Waals surface area contributed by atoms with Crippen LogP contribution >= 0.6 is 34.4 Å². The summed E-state index contributed by atoms with van der Waals surface area (Å²) in [6.07, 6.45) is 0. The lowest BCUT2D eigenvalue weighted by atomic mass is 10.2. The molecule has 2 aromatic heterocycles. The smallest absolute Gasteiger partial charge is 0.0896 e. The summed E-state index contributed by atoms with van der Waals surface area (Å²) in [5.41, 5.74) is 5.16. The average molecular weight is 301 g/mol. The molecule has 4 heteroatoms. The number of benzene rings is 1. The van der Waals surface area contributed by atoms with Crippen molar-refractivity contribution in [1.82, 2.24) is 0 Å². The van der Waals surface area contributed by atoms with Gasteiger partial charge in [0.25, 0.3) is 0 Å². The summed E-state index contributed by atoms with van der Waals surface area (Å²) >= 11 is 5.54. The number of nitrogens with zero attached hydrogens (tertiary/aromatic N) is 1. The molecule has 0 N–H and O–H groups in total. The maximum atomic E-state index is 2.37. The van der Waals surface area contributed by atoms with Crippen LogP contribution in [0.15, 0.2) is 55.6 Å². The van der Waals surface area contributed by atoms with Crippen molar-refractivity contribution < 1.29 is 0 Å². The van der Waals surface area contributed by atoms with E-state index >= 15 is 0 Å². The van der Waals surface area contributed by atoms with Crippen LogP contribution in [-0.4, -0.2) is 0 Å². The first-order chi connectivity index (χ1) is 9.33. The van der Waals surface area contributed by atoms with Crippen LogP contribution in [0.25, 0.3) is 0 Å². The molecule has 94 valence electrons. The van der Waals surface area contributed by atoms with Gasteiger partial charge in [-0.1, -0.05) is 29.5 Å². The molecule has 0 radical (unpaired) electrons. The van der Waals surface area contributed by atoms with Gasteiger partial charge in [-0.05, 0) is 41.9 Å². The number of thiophene rings is 2. The van der Waals surface area contributed by atoms with Crippen LogP contribution in [-0.2, 0) is 0 Å². The molecular weight excluding hydrogens is 290 g/mol. The lowest BCUT2D eigenvalue weighted by Crippen LogP contribution is -2.11. The molecule has 0 spiro atoms. The number of fused-ring (bicyclic) bond motifs is 2. The zero-order chi connectivity index (χ0) is 12.8. The molecule has 1 aliphatic heterocycles. The fourth-order valence-electron chi connectivity index (χ4n) is 2.25. The molecule has 1 aromatic carbocycles. The zero-order valence-corrected chi connectivity index (χ0v) is 12.7. The van der Waals surface area contributed by atoms with Crippen LogP contribution in [0.4, 0.5) is 17.1 Å². The minimum Gasteiger partial charge on any atom is -0.306 e. The van der Waals surface area contributed by atoms with E-state index in [-0.39, 0.29) is 0 Å². The highest BCUT2D eigenvalue weighted by Gasteiger charge is 2.26. The molecule has 19 heavy (non-hydrogen) atoms. The first-order valence-electron chi connectivity index (χ1n) is 6.02. The Morgan fingerprint density at radius 2 is 1.37 bits per heavy atom. The van der Waals surface area contributed by atoms with Crippen molar-refractivity contribution in [3.8, 4) is 0 Å². The van der Waals surface area contributed by atoms with Gasteiger partial charge in [-0.15, -0.1) is 22.7 Å². The Morgan fingerprint density at radius 3 is 1.95 bits per heavy atom. The third kappa shape index (κ3) is 1.83. The van der Waals surface area contributed by atoms with E-state index in [1.807, 2.05) is 34.4 Å². The van der Waals surface area contributed by atoms with Crippen molar-refractivity contribution in [1.29, 1.82) is 0 Å². The van der Waals surface area contributed by atoms with Crippen molar-refractivity contribution >= 4 is 51.5 Å².